The first-order chi connectivity index (χ1) is 25.0. The number of hydrogen-bond acceptors (Lipinski definition) is 10. The maximum atomic E-state index is 12.8. The van der Waals surface area contributed by atoms with Gasteiger partial charge < -0.3 is 50.3 Å². The topological polar surface area (TPSA) is 180 Å². The zero-order valence-corrected chi connectivity index (χ0v) is 27.3. The number of benzene rings is 6. The van der Waals surface area contributed by atoms with Crippen LogP contribution in [-0.4, -0.2) is 40.9 Å². The third-order valence-electron chi connectivity index (χ3n) is 10.5. The van der Waals surface area contributed by atoms with Gasteiger partial charge in [-0.15, -0.1) is 0 Å². The predicted molar refractivity (Wildman–Crippen MR) is 188 cm³/mol. The molecule has 0 saturated heterocycles. The van der Waals surface area contributed by atoms with Gasteiger partial charge in [0.15, 0.2) is 0 Å². The molecule has 10 heteroatoms. The Morgan fingerprint density at radius 2 is 1.08 bits per heavy atom. The maximum absolute atomic E-state index is 12.8. The van der Waals surface area contributed by atoms with Crippen molar-refractivity contribution < 1.29 is 50.3 Å². The number of phenolic OH excluding ortho intramolecular Hbond substituents is 8. The van der Waals surface area contributed by atoms with Gasteiger partial charge in [0, 0.05) is 46.4 Å². The lowest BCUT2D eigenvalue weighted by atomic mass is 9.77. The van der Waals surface area contributed by atoms with Crippen molar-refractivity contribution in [3.05, 3.63) is 153 Å². The fourth-order valence-electron chi connectivity index (χ4n) is 8.48. The molecule has 2 aliphatic heterocycles. The quantitative estimate of drug-likeness (QED) is 0.0917. The third-order valence-corrected chi connectivity index (χ3v) is 10.5. The van der Waals surface area contributed by atoms with Gasteiger partial charge >= 0.3 is 0 Å². The minimum Gasteiger partial charge on any atom is -0.508 e. The lowest BCUT2D eigenvalue weighted by Crippen LogP contribution is -2.15. The molecular formula is C42H32O10. The summed E-state index contributed by atoms with van der Waals surface area (Å²) >= 11 is 0. The monoisotopic (exact) mass is 696 g/mol. The van der Waals surface area contributed by atoms with Crippen LogP contribution >= 0.6 is 0 Å². The number of hydrogen-bond donors (Lipinski definition) is 8. The van der Waals surface area contributed by atoms with Gasteiger partial charge in [-0.2, -0.15) is 0 Å². The van der Waals surface area contributed by atoms with Crippen LogP contribution in [0.1, 0.15) is 80.0 Å². The van der Waals surface area contributed by atoms with Crippen LogP contribution in [0.3, 0.4) is 0 Å². The minimum atomic E-state index is -0.812. The Bertz CT molecular complexity index is 2400. The molecule has 3 aliphatic rings. The second-order valence-electron chi connectivity index (χ2n) is 13.7. The van der Waals surface area contributed by atoms with E-state index in [-0.39, 0.29) is 52.4 Å². The molecular weight excluding hydrogens is 664 g/mol. The third kappa shape index (κ3) is 4.86. The van der Waals surface area contributed by atoms with Crippen LogP contribution in [0.4, 0.5) is 0 Å². The summed E-state index contributed by atoms with van der Waals surface area (Å²) in [6.07, 6.45) is -1.26. The largest absolute Gasteiger partial charge is 0.508 e. The molecule has 260 valence electrons. The Morgan fingerprint density at radius 1 is 0.442 bits per heavy atom. The van der Waals surface area contributed by atoms with Crippen molar-refractivity contribution in [3.63, 3.8) is 0 Å². The number of phenols is 8. The minimum absolute atomic E-state index is 0.00432. The van der Waals surface area contributed by atoms with Crippen LogP contribution in [0.2, 0.25) is 0 Å². The molecule has 6 aromatic carbocycles. The summed E-state index contributed by atoms with van der Waals surface area (Å²) in [5.41, 5.74) is 5.14. The molecule has 0 saturated carbocycles. The van der Waals surface area contributed by atoms with Crippen LogP contribution in [0, 0.1) is 0 Å². The van der Waals surface area contributed by atoms with Crippen molar-refractivity contribution >= 4 is 0 Å². The Kier molecular flexibility index (Phi) is 6.88. The standard InChI is InChI=1S/C42H32O10/c43-23-6-4-19(5-7-23)41-38-31-18-34-39(36(21-11-26(46)15-27(47)12-21)42(52-34)20-2-1-3-24(44)10-20)40(50)37(31)30(29-9-8-25(45)16-32(29)49)14-22-13-28(48)17-33(51-41)35(22)38/h1-13,15-18,30,36,38,41-50H,14H2/t30-,36-,38+,41-,42-/m1/s1. The second kappa shape index (κ2) is 11.4. The van der Waals surface area contributed by atoms with E-state index < -0.39 is 30.0 Å². The Balaban J connectivity index is 1.35. The van der Waals surface area contributed by atoms with Crippen molar-refractivity contribution in [2.75, 3.05) is 0 Å². The summed E-state index contributed by atoms with van der Waals surface area (Å²) in [5, 5.41) is 87.0. The van der Waals surface area contributed by atoms with E-state index >= 15 is 0 Å². The number of fused-ring (bicyclic) bond motifs is 3. The lowest BCUT2D eigenvalue weighted by molar-refractivity contribution is 0.217. The van der Waals surface area contributed by atoms with Crippen molar-refractivity contribution in [1.82, 2.24) is 0 Å². The van der Waals surface area contributed by atoms with Gasteiger partial charge in [-0.3, -0.25) is 0 Å². The van der Waals surface area contributed by atoms with E-state index in [4.69, 9.17) is 9.47 Å². The molecule has 2 heterocycles. The molecule has 5 atom stereocenters. The second-order valence-corrected chi connectivity index (χ2v) is 13.7. The molecule has 0 amide bonds. The molecule has 0 aromatic heterocycles. The highest BCUT2D eigenvalue weighted by Crippen LogP contribution is 2.63. The SMILES string of the molecule is Oc1ccc([C@H]2Oc3cc(O)cc4c3[C@@H]2c2cc3c(c(O)c2[C@@H](c2ccc(O)cc2O)C4)[C@@H](c2cc(O)cc(O)c2)[C@@H](c2cccc(O)c2)O3)cc1. The molecule has 9 rings (SSSR count). The van der Waals surface area contributed by atoms with E-state index in [2.05, 4.69) is 0 Å². The summed E-state index contributed by atoms with van der Waals surface area (Å²) in [7, 11) is 0. The van der Waals surface area contributed by atoms with E-state index in [0.717, 1.165) is 16.7 Å². The molecule has 1 aliphatic carbocycles. The number of rotatable bonds is 4. The molecule has 0 unspecified atom stereocenters. The van der Waals surface area contributed by atoms with Crippen LogP contribution in [0.15, 0.2) is 103 Å². The van der Waals surface area contributed by atoms with E-state index in [1.54, 1.807) is 60.7 Å². The fourth-order valence-corrected chi connectivity index (χ4v) is 8.48. The normalized spacial score (nSPS) is 21.0. The molecule has 10 nitrogen and oxygen atoms in total. The van der Waals surface area contributed by atoms with Crippen LogP contribution in [-0.2, 0) is 6.42 Å². The summed E-state index contributed by atoms with van der Waals surface area (Å²) in [6.45, 7) is 0. The highest BCUT2D eigenvalue weighted by Gasteiger charge is 2.48. The zero-order chi connectivity index (χ0) is 36.0. The first-order valence-corrected chi connectivity index (χ1v) is 16.8. The molecule has 0 bridgehead atoms. The van der Waals surface area contributed by atoms with Crippen molar-refractivity contribution in [1.29, 1.82) is 0 Å². The van der Waals surface area contributed by atoms with Crippen molar-refractivity contribution in [3.8, 4) is 57.5 Å². The van der Waals surface area contributed by atoms with E-state index in [1.165, 1.54) is 36.4 Å². The van der Waals surface area contributed by atoms with Crippen LogP contribution < -0.4 is 9.47 Å². The summed E-state index contributed by atoms with van der Waals surface area (Å²) in [5.74, 6) is -2.08. The molecule has 0 radical (unpaired) electrons. The van der Waals surface area contributed by atoms with Gasteiger partial charge in [0.1, 0.15) is 69.7 Å². The molecule has 52 heavy (non-hydrogen) atoms. The average molecular weight is 697 g/mol. The van der Waals surface area contributed by atoms with E-state index in [1.807, 2.05) is 6.07 Å². The highest BCUT2D eigenvalue weighted by atomic mass is 16.5. The van der Waals surface area contributed by atoms with Crippen LogP contribution in [0.25, 0.3) is 0 Å². The molecule has 6 aromatic rings. The van der Waals surface area contributed by atoms with Gasteiger partial charge in [-0.1, -0.05) is 30.3 Å². The molecule has 8 N–H and O–H groups in total. The Labute approximate surface area is 296 Å². The van der Waals surface area contributed by atoms with Gasteiger partial charge in [-0.25, -0.2) is 0 Å². The van der Waals surface area contributed by atoms with E-state index in [9.17, 15) is 40.9 Å². The summed E-state index contributed by atoms with van der Waals surface area (Å²) < 4.78 is 13.3. The number of ether oxygens (including phenoxy) is 2. The Hall–Kier alpha value is -6.68. The van der Waals surface area contributed by atoms with Crippen molar-refractivity contribution in [2.45, 2.75) is 36.4 Å². The molecule has 0 spiro atoms. The van der Waals surface area contributed by atoms with E-state index in [0.29, 0.717) is 44.9 Å². The first kappa shape index (κ1) is 31.3. The Morgan fingerprint density at radius 3 is 1.79 bits per heavy atom. The van der Waals surface area contributed by atoms with Gasteiger partial charge in [0.05, 0.1) is 11.8 Å². The predicted octanol–water partition coefficient (Wildman–Crippen LogP) is 7.55. The molecule has 0 fully saturated rings. The van der Waals surface area contributed by atoms with Gasteiger partial charge in [0.25, 0.3) is 0 Å². The smallest absolute Gasteiger partial charge is 0.135 e. The summed E-state index contributed by atoms with van der Waals surface area (Å²) in [4.78, 5) is 0. The zero-order valence-electron chi connectivity index (χ0n) is 27.3. The maximum Gasteiger partial charge on any atom is 0.135 e. The average Bonchev–Trinajstić information content (AvgIpc) is 3.63. The first-order valence-electron chi connectivity index (χ1n) is 16.8. The van der Waals surface area contributed by atoms with Gasteiger partial charge in [0.2, 0.25) is 0 Å². The van der Waals surface area contributed by atoms with Crippen molar-refractivity contribution in [2.24, 2.45) is 0 Å². The highest BCUT2D eigenvalue weighted by molar-refractivity contribution is 5.70. The lowest BCUT2D eigenvalue weighted by Gasteiger charge is -2.27. The van der Waals surface area contributed by atoms with Crippen LogP contribution in [0.5, 0.6) is 57.5 Å². The van der Waals surface area contributed by atoms with Gasteiger partial charge in [-0.05, 0) is 88.8 Å². The summed E-state index contributed by atoms with van der Waals surface area (Å²) in [6, 6.07) is 26.7. The number of aromatic hydroxyl groups is 8. The fraction of sp³-hybridized carbons (Fsp3) is 0.143.